The van der Waals surface area contributed by atoms with E-state index >= 15 is 0 Å². The van der Waals surface area contributed by atoms with Gasteiger partial charge in [-0.25, -0.2) is 0 Å². The van der Waals surface area contributed by atoms with Gasteiger partial charge < -0.3 is 14.6 Å². The van der Waals surface area contributed by atoms with Crippen LogP contribution in [0.5, 0.6) is 0 Å². The molecule has 1 saturated carbocycles. The van der Waals surface area contributed by atoms with Crippen LogP contribution in [0, 0.1) is 17.8 Å². The number of esters is 2. The second kappa shape index (κ2) is 6.73. The van der Waals surface area contributed by atoms with Crippen molar-refractivity contribution in [3.8, 4) is 0 Å². The Morgan fingerprint density at radius 2 is 1.67 bits per heavy atom. The Morgan fingerprint density at radius 1 is 1.11 bits per heavy atom. The van der Waals surface area contributed by atoms with Crippen molar-refractivity contribution in [1.82, 2.24) is 0 Å². The fourth-order valence-electron chi connectivity index (χ4n) is 2.51. The van der Waals surface area contributed by atoms with Crippen LogP contribution in [0.4, 0.5) is 0 Å². The average molecular weight is 258 g/mol. The molecule has 5 heteroatoms. The van der Waals surface area contributed by atoms with E-state index in [0.29, 0.717) is 13.0 Å². The van der Waals surface area contributed by atoms with Crippen LogP contribution in [0.2, 0.25) is 0 Å². The summed E-state index contributed by atoms with van der Waals surface area (Å²) in [5.74, 6) is -0.407. The van der Waals surface area contributed by atoms with Gasteiger partial charge in [-0.15, -0.1) is 0 Å². The molecule has 0 heterocycles. The van der Waals surface area contributed by atoms with Gasteiger partial charge in [-0.05, 0) is 24.7 Å². The SMILES string of the molecule is CC(=O)OCC1CCC(O)C(C)C1COC(C)=O. The van der Waals surface area contributed by atoms with E-state index in [9.17, 15) is 14.7 Å². The molecule has 0 bridgehead atoms. The number of carbonyl (C=O) groups excluding carboxylic acids is 2. The molecule has 0 aromatic rings. The van der Waals surface area contributed by atoms with Crippen molar-refractivity contribution in [1.29, 1.82) is 0 Å². The van der Waals surface area contributed by atoms with Gasteiger partial charge in [0, 0.05) is 19.8 Å². The van der Waals surface area contributed by atoms with Crippen molar-refractivity contribution in [2.24, 2.45) is 17.8 Å². The molecule has 0 spiro atoms. The maximum absolute atomic E-state index is 10.9. The number of ether oxygens (including phenoxy) is 2. The third-order valence-electron chi connectivity index (χ3n) is 3.70. The number of hydrogen-bond acceptors (Lipinski definition) is 5. The molecule has 0 aromatic carbocycles. The molecule has 1 fully saturated rings. The number of hydrogen-bond donors (Lipinski definition) is 1. The van der Waals surface area contributed by atoms with E-state index in [1.54, 1.807) is 0 Å². The van der Waals surface area contributed by atoms with E-state index in [0.717, 1.165) is 6.42 Å². The van der Waals surface area contributed by atoms with E-state index in [4.69, 9.17) is 9.47 Å². The maximum Gasteiger partial charge on any atom is 0.302 e. The molecule has 1 aliphatic rings. The monoisotopic (exact) mass is 258 g/mol. The van der Waals surface area contributed by atoms with Crippen molar-refractivity contribution >= 4 is 11.9 Å². The van der Waals surface area contributed by atoms with Gasteiger partial charge in [-0.2, -0.15) is 0 Å². The minimum atomic E-state index is -0.376. The highest BCUT2D eigenvalue weighted by molar-refractivity contribution is 5.66. The van der Waals surface area contributed by atoms with Crippen molar-refractivity contribution < 1.29 is 24.2 Å². The van der Waals surface area contributed by atoms with Gasteiger partial charge in [0.05, 0.1) is 19.3 Å². The molecule has 0 radical (unpaired) electrons. The van der Waals surface area contributed by atoms with E-state index in [1.807, 2.05) is 6.92 Å². The molecular formula is C13H22O5. The Labute approximate surface area is 107 Å². The van der Waals surface area contributed by atoms with Gasteiger partial charge >= 0.3 is 11.9 Å². The predicted molar refractivity (Wildman–Crippen MR) is 64.7 cm³/mol. The molecule has 0 aliphatic heterocycles. The van der Waals surface area contributed by atoms with Gasteiger partial charge in [0.2, 0.25) is 0 Å². The van der Waals surface area contributed by atoms with Crippen molar-refractivity contribution in [2.45, 2.75) is 39.7 Å². The summed E-state index contributed by atoms with van der Waals surface area (Å²) in [5, 5.41) is 9.86. The van der Waals surface area contributed by atoms with E-state index in [-0.39, 0.29) is 42.4 Å². The Morgan fingerprint density at radius 3 is 2.22 bits per heavy atom. The van der Waals surface area contributed by atoms with E-state index in [2.05, 4.69) is 0 Å². The lowest BCUT2D eigenvalue weighted by atomic mass is 9.72. The van der Waals surface area contributed by atoms with Crippen LogP contribution >= 0.6 is 0 Å². The van der Waals surface area contributed by atoms with Crippen LogP contribution in [-0.2, 0) is 19.1 Å². The van der Waals surface area contributed by atoms with Crippen LogP contribution in [0.3, 0.4) is 0 Å². The summed E-state index contributed by atoms with van der Waals surface area (Å²) in [6, 6.07) is 0. The molecule has 4 unspecified atom stereocenters. The maximum atomic E-state index is 10.9. The highest BCUT2D eigenvalue weighted by Crippen LogP contribution is 2.35. The first-order chi connectivity index (χ1) is 8.41. The fraction of sp³-hybridized carbons (Fsp3) is 0.846. The first kappa shape index (κ1) is 15.0. The number of aliphatic hydroxyl groups excluding tert-OH is 1. The average Bonchev–Trinajstić information content (AvgIpc) is 2.29. The summed E-state index contributed by atoms with van der Waals surface area (Å²) in [5.41, 5.74) is 0. The summed E-state index contributed by atoms with van der Waals surface area (Å²) in [6.45, 7) is 5.30. The molecule has 5 nitrogen and oxygen atoms in total. The second-order valence-electron chi connectivity index (χ2n) is 5.03. The topological polar surface area (TPSA) is 72.8 Å². The Hall–Kier alpha value is -1.10. The molecule has 1 rings (SSSR count). The lowest BCUT2D eigenvalue weighted by Crippen LogP contribution is -2.41. The lowest BCUT2D eigenvalue weighted by Gasteiger charge is -2.38. The standard InChI is InChI=1S/C13H22O5/c1-8-12(7-18-10(3)15)11(4-5-13(8)16)6-17-9(2)14/h8,11-13,16H,4-7H2,1-3H3. The number of rotatable bonds is 4. The van der Waals surface area contributed by atoms with Gasteiger partial charge in [0.1, 0.15) is 0 Å². The smallest absolute Gasteiger partial charge is 0.302 e. The molecule has 0 aromatic heterocycles. The third-order valence-corrected chi connectivity index (χ3v) is 3.70. The summed E-state index contributed by atoms with van der Waals surface area (Å²) >= 11 is 0. The first-order valence-corrected chi connectivity index (χ1v) is 6.36. The van der Waals surface area contributed by atoms with Crippen LogP contribution < -0.4 is 0 Å². The summed E-state index contributed by atoms with van der Waals surface area (Å²) in [4.78, 5) is 21.7. The Balaban J connectivity index is 2.60. The number of carbonyl (C=O) groups is 2. The largest absolute Gasteiger partial charge is 0.466 e. The molecular weight excluding hydrogens is 236 g/mol. The molecule has 18 heavy (non-hydrogen) atoms. The summed E-state index contributed by atoms with van der Waals surface area (Å²) in [6.07, 6.45) is 1.10. The van der Waals surface area contributed by atoms with E-state index < -0.39 is 0 Å². The van der Waals surface area contributed by atoms with Gasteiger partial charge in [0.15, 0.2) is 0 Å². The minimum Gasteiger partial charge on any atom is -0.466 e. The zero-order valence-corrected chi connectivity index (χ0v) is 11.2. The second-order valence-corrected chi connectivity index (χ2v) is 5.03. The molecule has 0 amide bonds. The molecule has 1 N–H and O–H groups in total. The van der Waals surface area contributed by atoms with Crippen molar-refractivity contribution in [3.05, 3.63) is 0 Å². The third kappa shape index (κ3) is 4.29. The number of aliphatic hydroxyl groups is 1. The molecule has 4 atom stereocenters. The van der Waals surface area contributed by atoms with Crippen LogP contribution in [0.15, 0.2) is 0 Å². The first-order valence-electron chi connectivity index (χ1n) is 6.36. The molecule has 0 saturated heterocycles. The zero-order valence-electron chi connectivity index (χ0n) is 11.2. The molecule has 1 aliphatic carbocycles. The Bertz CT molecular complexity index is 302. The Kier molecular flexibility index (Phi) is 5.59. The normalized spacial score (nSPS) is 31.8. The van der Waals surface area contributed by atoms with Crippen molar-refractivity contribution in [2.75, 3.05) is 13.2 Å². The van der Waals surface area contributed by atoms with Crippen LogP contribution in [0.1, 0.15) is 33.6 Å². The van der Waals surface area contributed by atoms with E-state index in [1.165, 1.54) is 13.8 Å². The van der Waals surface area contributed by atoms with Gasteiger partial charge in [0.25, 0.3) is 0 Å². The zero-order chi connectivity index (χ0) is 13.7. The predicted octanol–water partition coefficient (Wildman–Crippen LogP) is 1.14. The van der Waals surface area contributed by atoms with Gasteiger partial charge in [-0.3, -0.25) is 9.59 Å². The van der Waals surface area contributed by atoms with Gasteiger partial charge in [-0.1, -0.05) is 6.92 Å². The minimum absolute atomic E-state index is 0.0389. The quantitative estimate of drug-likeness (QED) is 0.765. The fourth-order valence-corrected chi connectivity index (χ4v) is 2.51. The molecule has 104 valence electrons. The lowest BCUT2D eigenvalue weighted by molar-refractivity contribution is -0.150. The van der Waals surface area contributed by atoms with Crippen LogP contribution in [0.25, 0.3) is 0 Å². The van der Waals surface area contributed by atoms with Crippen molar-refractivity contribution in [3.63, 3.8) is 0 Å². The highest BCUT2D eigenvalue weighted by Gasteiger charge is 2.37. The summed E-state index contributed by atoms with van der Waals surface area (Å²) < 4.78 is 10.1. The highest BCUT2D eigenvalue weighted by atomic mass is 16.5. The summed E-state index contributed by atoms with van der Waals surface area (Å²) in [7, 11) is 0. The van der Waals surface area contributed by atoms with Crippen LogP contribution in [-0.4, -0.2) is 36.4 Å².